The van der Waals surface area contributed by atoms with Crippen LogP contribution in [0.3, 0.4) is 0 Å². The van der Waals surface area contributed by atoms with Gasteiger partial charge in [-0.15, -0.1) is 0 Å². The second-order valence-corrected chi connectivity index (χ2v) is 3.15. The quantitative estimate of drug-likeness (QED) is 0.741. The molecule has 14 heavy (non-hydrogen) atoms. The zero-order valence-electron chi connectivity index (χ0n) is 8.85. The van der Waals surface area contributed by atoms with Crippen molar-refractivity contribution in [2.24, 2.45) is 0 Å². The Labute approximate surface area is 84.5 Å². The van der Waals surface area contributed by atoms with E-state index < -0.39 is 0 Å². The third-order valence-corrected chi connectivity index (χ3v) is 2.30. The number of carbonyl (C=O) groups is 1. The predicted molar refractivity (Wildman–Crippen MR) is 58.6 cm³/mol. The van der Waals surface area contributed by atoms with Crippen LogP contribution in [0, 0.1) is 6.92 Å². The summed E-state index contributed by atoms with van der Waals surface area (Å²) in [5.74, 6) is 0. The summed E-state index contributed by atoms with van der Waals surface area (Å²) < 4.78 is 0. The van der Waals surface area contributed by atoms with Gasteiger partial charge in [-0.05, 0) is 30.5 Å². The van der Waals surface area contributed by atoms with Gasteiger partial charge in [0.25, 0.3) is 0 Å². The van der Waals surface area contributed by atoms with E-state index in [9.17, 15) is 4.79 Å². The first-order valence-electron chi connectivity index (χ1n) is 4.76. The lowest BCUT2D eigenvalue weighted by Crippen LogP contribution is -2.24. The highest BCUT2D eigenvalue weighted by Gasteiger charge is 2.04. The summed E-state index contributed by atoms with van der Waals surface area (Å²) in [5, 5.41) is 5.31. The van der Waals surface area contributed by atoms with Gasteiger partial charge in [-0.1, -0.05) is 19.1 Å². The van der Waals surface area contributed by atoms with Crippen LogP contribution in [-0.2, 0) is 6.42 Å². The maximum atomic E-state index is 11.1. The molecule has 2 N–H and O–H groups in total. The molecular formula is C11H16N2O. The maximum Gasteiger partial charge on any atom is 0.318 e. The highest BCUT2D eigenvalue weighted by atomic mass is 16.2. The van der Waals surface area contributed by atoms with Gasteiger partial charge < -0.3 is 10.6 Å². The number of anilines is 1. The number of aryl methyl sites for hydroxylation is 1. The molecule has 1 aromatic rings. The lowest BCUT2D eigenvalue weighted by atomic mass is 10.0. The summed E-state index contributed by atoms with van der Waals surface area (Å²) in [5.41, 5.74) is 3.28. The van der Waals surface area contributed by atoms with Gasteiger partial charge in [-0.3, -0.25) is 0 Å². The maximum absolute atomic E-state index is 11.1. The summed E-state index contributed by atoms with van der Waals surface area (Å²) in [4.78, 5) is 11.1. The van der Waals surface area contributed by atoms with Crippen molar-refractivity contribution in [3.8, 4) is 0 Å². The number of rotatable bonds is 2. The van der Waals surface area contributed by atoms with Crippen LogP contribution in [-0.4, -0.2) is 13.1 Å². The zero-order valence-corrected chi connectivity index (χ0v) is 8.85. The first-order valence-corrected chi connectivity index (χ1v) is 4.76. The van der Waals surface area contributed by atoms with Gasteiger partial charge in [0.2, 0.25) is 0 Å². The van der Waals surface area contributed by atoms with Gasteiger partial charge >= 0.3 is 6.03 Å². The molecule has 76 valence electrons. The molecule has 1 rings (SSSR count). The summed E-state index contributed by atoms with van der Waals surface area (Å²) >= 11 is 0. The molecule has 0 aliphatic rings. The monoisotopic (exact) mass is 192 g/mol. The van der Waals surface area contributed by atoms with Crippen molar-refractivity contribution in [1.82, 2.24) is 5.32 Å². The van der Waals surface area contributed by atoms with Crippen molar-refractivity contribution >= 4 is 11.7 Å². The van der Waals surface area contributed by atoms with E-state index in [4.69, 9.17) is 0 Å². The van der Waals surface area contributed by atoms with Crippen molar-refractivity contribution in [2.45, 2.75) is 20.3 Å². The molecule has 0 bridgehead atoms. The Balaban J connectivity index is 2.92. The first kappa shape index (κ1) is 10.6. The van der Waals surface area contributed by atoms with Crippen LogP contribution >= 0.6 is 0 Å². The topological polar surface area (TPSA) is 41.1 Å². The molecule has 0 aliphatic heterocycles. The molecule has 0 aromatic heterocycles. The van der Waals surface area contributed by atoms with Gasteiger partial charge in [-0.25, -0.2) is 4.79 Å². The van der Waals surface area contributed by atoms with Gasteiger partial charge in [0.15, 0.2) is 0 Å². The third kappa shape index (κ3) is 2.25. The summed E-state index contributed by atoms with van der Waals surface area (Å²) in [6.07, 6.45) is 0.981. The van der Waals surface area contributed by atoms with Gasteiger partial charge in [0.1, 0.15) is 0 Å². The van der Waals surface area contributed by atoms with Crippen molar-refractivity contribution in [1.29, 1.82) is 0 Å². The predicted octanol–water partition coefficient (Wildman–Crippen LogP) is 2.31. The average molecular weight is 192 g/mol. The fourth-order valence-corrected chi connectivity index (χ4v) is 1.39. The minimum absolute atomic E-state index is 0.179. The van der Waals surface area contributed by atoms with Gasteiger partial charge in [-0.2, -0.15) is 0 Å². The minimum atomic E-state index is -0.179. The lowest BCUT2D eigenvalue weighted by molar-refractivity contribution is 0.254. The molecule has 0 fully saturated rings. The second-order valence-electron chi connectivity index (χ2n) is 3.15. The number of benzene rings is 1. The Bertz CT molecular complexity index is 334. The largest absolute Gasteiger partial charge is 0.341 e. The SMILES string of the molecule is CCc1cccc(NC(=O)NC)c1C. The highest BCUT2D eigenvalue weighted by Crippen LogP contribution is 2.18. The number of nitrogens with one attached hydrogen (secondary N) is 2. The smallest absolute Gasteiger partial charge is 0.318 e. The van der Waals surface area contributed by atoms with E-state index in [1.807, 2.05) is 19.1 Å². The summed E-state index contributed by atoms with van der Waals surface area (Å²) in [6, 6.07) is 5.76. The van der Waals surface area contributed by atoms with Crippen LogP contribution in [0.1, 0.15) is 18.1 Å². The number of urea groups is 1. The normalized spacial score (nSPS) is 9.64. The number of hydrogen-bond acceptors (Lipinski definition) is 1. The van der Waals surface area contributed by atoms with E-state index in [2.05, 4.69) is 23.6 Å². The molecule has 0 heterocycles. The Morgan fingerprint density at radius 3 is 2.71 bits per heavy atom. The molecule has 1 aromatic carbocycles. The Hall–Kier alpha value is -1.51. The lowest BCUT2D eigenvalue weighted by Gasteiger charge is -2.10. The number of amides is 2. The van der Waals surface area contributed by atoms with E-state index in [0.717, 1.165) is 17.7 Å². The van der Waals surface area contributed by atoms with Crippen LogP contribution in [0.4, 0.5) is 10.5 Å². The van der Waals surface area contributed by atoms with E-state index in [0.29, 0.717) is 0 Å². The fourth-order valence-electron chi connectivity index (χ4n) is 1.39. The molecule has 0 atom stereocenters. The molecule has 0 unspecified atom stereocenters. The van der Waals surface area contributed by atoms with Crippen molar-refractivity contribution in [3.05, 3.63) is 29.3 Å². The molecule has 0 aliphatic carbocycles. The molecule has 3 nitrogen and oxygen atoms in total. The summed E-state index contributed by atoms with van der Waals surface area (Å²) in [6.45, 7) is 4.12. The molecule has 0 saturated heterocycles. The Kier molecular flexibility index (Phi) is 3.51. The fraction of sp³-hybridized carbons (Fsp3) is 0.364. The first-order chi connectivity index (χ1) is 6.69. The van der Waals surface area contributed by atoms with Crippen LogP contribution < -0.4 is 10.6 Å². The van der Waals surface area contributed by atoms with Crippen LogP contribution in [0.15, 0.2) is 18.2 Å². The number of hydrogen-bond donors (Lipinski definition) is 2. The molecule has 0 spiro atoms. The molecular weight excluding hydrogens is 176 g/mol. The molecule has 2 amide bonds. The average Bonchev–Trinajstić information content (AvgIpc) is 2.21. The Morgan fingerprint density at radius 1 is 1.43 bits per heavy atom. The zero-order chi connectivity index (χ0) is 10.6. The van der Waals surface area contributed by atoms with Crippen LogP contribution in [0.25, 0.3) is 0 Å². The third-order valence-electron chi connectivity index (χ3n) is 2.30. The van der Waals surface area contributed by atoms with E-state index in [1.54, 1.807) is 7.05 Å². The van der Waals surface area contributed by atoms with Gasteiger partial charge in [0.05, 0.1) is 0 Å². The van der Waals surface area contributed by atoms with Crippen LogP contribution in [0.2, 0.25) is 0 Å². The van der Waals surface area contributed by atoms with E-state index in [1.165, 1.54) is 5.56 Å². The Morgan fingerprint density at radius 2 is 2.14 bits per heavy atom. The van der Waals surface area contributed by atoms with Gasteiger partial charge in [0, 0.05) is 12.7 Å². The summed E-state index contributed by atoms with van der Waals surface area (Å²) in [7, 11) is 1.61. The van der Waals surface area contributed by atoms with E-state index >= 15 is 0 Å². The van der Waals surface area contributed by atoms with Crippen LogP contribution in [0.5, 0.6) is 0 Å². The highest BCUT2D eigenvalue weighted by molar-refractivity contribution is 5.90. The molecule has 3 heteroatoms. The molecule has 0 saturated carbocycles. The van der Waals surface area contributed by atoms with E-state index in [-0.39, 0.29) is 6.03 Å². The van der Waals surface area contributed by atoms with Crippen molar-refractivity contribution in [3.63, 3.8) is 0 Å². The molecule has 0 radical (unpaired) electrons. The standard InChI is InChI=1S/C11H16N2O/c1-4-9-6-5-7-10(8(9)2)13-11(14)12-3/h5-7H,4H2,1-3H3,(H2,12,13,14). The second kappa shape index (κ2) is 4.65. The number of carbonyl (C=O) groups excluding carboxylic acids is 1. The minimum Gasteiger partial charge on any atom is -0.341 e. The van der Waals surface area contributed by atoms with Crippen molar-refractivity contribution in [2.75, 3.05) is 12.4 Å². The van der Waals surface area contributed by atoms with Crippen molar-refractivity contribution < 1.29 is 4.79 Å².